The zero-order valence-corrected chi connectivity index (χ0v) is 6.63. The number of halogens is 2. The molecule has 0 saturated heterocycles. The average molecular weight is 190 g/mol. The van der Waals surface area contributed by atoms with Gasteiger partial charge in [-0.1, -0.05) is 0 Å². The van der Waals surface area contributed by atoms with Gasteiger partial charge < -0.3 is 10.1 Å². The van der Waals surface area contributed by atoms with E-state index in [1.807, 2.05) is 0 Å². The number of imidazole rings is 1. The van der Waals surface area contributed by atoms with Gasteiger partial charge in [0.1, 0.15) is 5.82 Å². The number of aryl methyl sites for hydroxylation is 1. The Balaban J connectivity index is 2.47. The van der Waals surface area contributed by atoms with E-state index in [2.05, 4.69) is 9.97 Å². The topological polar surface area (TPSA) is 66.0 Å². The van der Waals surface area contributed by atoms with Crippen molar-refractivity contribution >= 4 is 5.97 Å². The van der Waals surface area contributed by atoms with Gasteiger partial charge in [-0.2, -0.15) is 8.78 Å². The van der Waals surface area contributed by atoms with E-state index in [1.165, 1.54) is 12.4 Å². The highest BCUT2D eigenvalue weighted by Gasteiger charge is 2.38. The minimum atomic E-state index is -3.67. The molecule has 72 valence electrons. The minimum absolute atomic E-state index is 0.0771. The Kier molecular flexibility index (Phi) is 2.60. The third kappa shape index (κ3) is 2.50. The molecule has 0 saturated carbocycles. The number of carboxylic acid groups (broad SMARTS) is 1. The van der Waals surface area contributed by atoms with Crippen LogP contribution in [-0.4, -0.2) is 27.0 Å². The minimum Gasteiger partial charge on any atom is -0.477 e. The van der Waals surface area contributed by atoms with Gasteiger partial charge in [-0.3, -0.25) is 0 Å². The molecule has 0 spiro atoms. The standard InChI is InChI=1S/C7H8F2N2O2/c8-7(9,6(12)13)2-1-5-10-3-4-11-5/h3-4H,1-2H2,(H,10,11)(H,12,13). The Morgan fingerprint density at radius 2 is 2.38 bits per heavy atom. The molecule has 0 bridgehead atoms. The van der Waals surface area contributed by atoms with Crippen molar-refractivity contribution in [3.05, 3.63) is 18.2 Å². The van der Waals surface area contributed by atoms with E-state index >= 15 is 0 Å². The van der Waals surface area contributed by atoms with Crippen molar-refractivity contribution in [2.75, 3.05) is 0 Å². The van der Waals surface area contributed by atoms with Gasteiger partial charge in [0.2, 0.25) is 0 Å². The summed E-state index contributed by atoms with van der Waals surface area (Å²) in [4.78, 5) is 16.3. The number of nitrogens with one attached hydrogen (secondary N) is 1. The number of alkyl halides is 2. The largest absolute Gasteiger partial charge is 0.477 e. The summed E-state index contributed by atoms with van der Waals surface area (Å²) in [7, 11) is 0. The van der Waals surface area contributed by atoms with Crippen molar-refractivity contribution in [2.24, 2.45) is 0 Å². The number of carbonyl (C=O) groups is 1. The second-order valence-corrected chi connectivity index (χ2v) is 2.55. The van der Waals surface area contributed by atoms with Crippen LogP contribution in [-0.2, 0) is 11.2 Å². The van der Waals surface area contributed by atoms with Gasteiger partial charge in [-0.15, -0.1) is 0 Å². The lowest BCUT2D eigenvalue weighted by Crippen LogP contribution is -2.28. The first-order valence-electron chi connectivity index (χ1n) is 3.62. The molecule has 0 aromatic carbocycles. The van der Waals surface area contributed by atoms with E-state index < -0.39 is 18.3 Å². The summed E-state index contributed by atoms with van der Waals surface area (Å²) in [5, 5.41) is 8.09. The molecule has 0 amide bonds. The van der Waals surface area contributed by atoms with E-state index in [9.17, 15) is 13.6 Å². The number of rotatable bonds is 4. The fourth-order valence-electron chi connectivity index (χ4n) is 0.817. The number of aliphatic carboxylic acids is 1. The molecule has 4 nitrogen and oxygen atoms in total. The van der Waals surface area contributed by atoms with Crippen LogP contribution >= 0.6 is 0 Å². The molecular formula is C7H8F2N2O2. The number of carboxylic acids is 1. The van der Waals surface area contributed by atoms with Crippen LogP contribution in [0.3, 0.4) is 0 Å². The predicted octanol–water partition coefficient (Wildman–Crippen LogP) is 1.06. The van der Waals surface area contributed by atoms with Crippen LogP contribution in [0, 0.1) is 0 Å². The molecule has 6 heteroatoms. The molecule has 0 atom stereocenters. The van der Waals surface area contributed by atoms with Crippen LogP contribution in [0.5, 0.6) is 0 Å². The zero-order valence-electron chi connectivity index (χ0n) is 6.63. The lowest BCUT2D eigenvalue weighted by Gasteiger charge is -2.08. The van der Waals surface area contributed by atoms with Crippen molar-refractivity contribution in [1.29, 1.82) is 0 Å². The van der Waals surface area contributed by atoms with Crippen LogP contribution in [0.1, 0.15) is 12.2 Å². The second kappa shape index (κ2) is 3.51. The Bertz CT molecular complexity index is 285. The molecule has 1 heterocycles. The number of hydrogen-bond acceptors (Lipinski definition) is 2. The van der Waals surface area contributed by atoms with Crippen molar-refractivity contribution in [3.8, 4) is 0 Å². The normalized spacial score (nSPS) is 11.5. The molecule has 0 radical (unpaired) electrons. The summed E-state index contributed by atoms with van der Waals surface area (Å²) in [6, 6.07) is 0. The fourth-order valence-corrected chi connectivity index (χ4v) is 0.817. The molecule has 1 aromatic rings. The quantitative estimate of drug-likeness (QED) is 0.746. The predicted molar refractivity (Wildman–Crippen MR) is 39.5 cm³/mol. The van der Waals surface area contributed by atoms with Crippen LogP contribution in [0.15, 0.2) is 12.4 Å². The van der Waals surface area contributed by atoms with Gasteiger partial charge >= 0.3 is 11.9 Å². The summed E-state index contributed by atoms with van der Waals surface area (Å²) in [6.07, 6.45) is 2.10. The first-order valence-corrected chi connectivity index (χ1v) is 3.62. The Morgan fingerprint density at radius 3 is 2.85 bits per heavy atom. The van der Waals surface area contributed by atoms with Gasteiger partial charge in [0.05, 0.1) is 0 Å². The van der Waals surface area contributed by atoms with Gasteiger partial charge in [0.15, 0.2) is 0 Å². The van der Waals surface area contributed by atoms with Crippen molar-refractivity contribution in [2.45, 2.75) is 18.8 Å². The third-order valence-corrected chi connectivity index (χ3v) is 1.54. The first-order chi connectivity index (χ1) is 6.02. The van der Waals surface area contributed by atoms with E-state index in [-0.39, 0.29) is 6.42 Å². The third-order valence-electron chi connectivity index (χ3n) is 1.54. The molecule has 1 aromatic heterocycles. The molecule has 0 aliphatic heterocycles. The average Bonchev–Trinajstić information content (AvgIpc) is 2.52. The SMILES string of the molecule is O=C(O)C(F)(F)CCc1ncc[nH]1. The molecule has 0 fully saturated rings. The monoisotopic (exact) mass is 190 g/mol. The van der Waals surface area contributed by atoms with Crippen molar-refractivity contribution in [3.63, 3.8) is 0 Å². The lowest BCUT2D eigenvalue weighted by molar-refractivity contribution is -0.165. The Morgan fingerprint density at radius 1 is 1.69 bits per heavy atom. The van der Waals surface area contributed by atoms with Gasteiger partial charge in [-0.25, -0.2) is 9.78 Å². The van der Waals surface area contributed by atoms with Crippen LogP contribution < -0.4 is 0 Å². The highest BCUT2D eigenvalue weighted by molar-refractivity contribution is 5.75. The summed E-state index contributed by atoms with van der Waals surface area (Å²) in [5.41, 5.74) is 0. The van der Waals surface area contributed by atoms with Crippen LogP contribution in [0.4, 0.5) is 8.78 Å². The first kappa shape index (κ1) is 9.63. The molecule has 2 N–H and O–H groups in total. The van der Waals surface area contributed by atoms with Gasteiger partial charge in [0.25, 0.3) is 0 Å². The van der Waals surface area contributed by atoms with E-state index in [4.69, 9.17) is 5.11 Å². The number of hydrogen-bond donors (Lipinski definition) is 2. The van der Waals surface area contributed by atoms with Crippen LogP contribution in [0.2, 0.25) is 0 Å². The van der Waals surface area contributed by atoms with E-state index in [1.54, 1.807) is 0 Å². The van der Waals surface area contributed by atoms with E-state index in [0.717, 1.165) is 0 Å². The maximum atomic E-state index is 12.5. The molecule has 0 aliphatic carbocycles. The highest BCUT2D eigenvalue weighted by Crippen LogP contribution is 2.19. The van der Waals surface area contributed by atoms with E-state index in [0.29, 0.717) is 5.82 Å². The van der Waals surface area contributed by atoms with Crippen molar-refractivity contribution in [1.82, 2.24) is 9.97 Å². The lowest BCUT2D eigenvalue weighted by atomic mass is 10.2. The Hall–Kier alpha value is -1.46. The zero-order chi connectivity index (χ0) is 9.90. The van der Waals surface area contributed by atoms with Crippen LogP contribution in [0.25, 0.3) is 0 Å². The molecule has 1 rings (SSSR count). The second-order valence-electron chi connectivity index (χ2n) is 2.55. The smallest absolute Gasteiger partial charge is 0.374 e. The summed E-state index contributed by atoms with van der Waals surface area (Å²) >= 11 is 0. The molecule has 0 aliphatic rings. The molecule has 0 unspecified atom stereocenters. The fraction of sp³-hybridized carbons (Fsp3) is 0.429. The van der Waals surface area contributed by atoms with Gasteiger partial charge in [-0.05, 0) is 0 Å². The maximum Gasteiger partial charge on any atom is 0.374 e. The molecule has 13 heavy (non-hydrogen) atoms. The summed E-state index contributed by atoms with van der Waals surface area (Å²) < 4.78 is 25.0. The Labute approximate surface area is 72.6 Å². The number of nitrogens with zero attached hydrogens (tertiary/aromatic N) is 1. The summed E-state index contributed by atoms with van der Waals surface area (Å²) in [5.74, 6) is -5.41. The maximum absolute atomic E-state index is 12.5. The molecular weight excluding hydrogens is 182 g/mol. The highest BCUT2D eigenvalue weighted by atomic mass is 19.3. The van der Waals surface area contributed by atoms with Crippen molar-refractivity contribution < 1.29 is 18.7 Å². The number of aromatic amines is 1. The summed E-state index contributed by atoms with van der Waals surface area (Å²) in [6.45, 7) is 0. The number of aromatic nitrogens is 2. The number of H-pyrrole nitrogens is 1. The van der Waals surface area contributed by atoms with Gasteiger partial charge in [0, 0.05) is 25.2 Å².